The second kappa shape index (κ2) is 7.10. The second-order valence-corrected chi connectivity index (χ2v) is 10.3. The highest BCUT2D eigenvalue weighted by atomic mass is 35.6. The first-order chi connectivity index (χ1) is 13.1. The lowest BCUT2D eigenvalue weighted by molar-refractivity contribution is 0.402. The van der Waals surface area contributed by atoms with E-state index in [0.717, 1.165) is 16.8 Å². The van der Waals surface area contributed by atoms with Gasteiger partial charge >= 0.3 is 7.87 Å². The van der Waals surface area contributed by atoms with E-state index in [2.05, 4.69) is 0 Å². The minimum absolute atomic E-state index is 0.592. The lowest BCUT2D eigenvalue weighted by atomic mass is 10.0. The maximum Gasteiger partial charge on any atom is 0.566 e. The van der Waals surface area contributed by atoms with Gasteiger partial charge in [-0.25, -0.2) is 4.99 Å². The molecule has 27 heavy (non-hydrogen) atoms. The Morgan fingerprint density at radius 3 is 2.37 bits per heavy atom. The van der Waals surface area contributed by atoms with Crippen molar-refractivity contribution in [2.24, 2.45) is 4.99 Å². The summed E-state index contributed by atoms with van der Waals surface area (Å²) < 4.78 is 17.6. The summed E-state index contributed by atoms with van der Waals surface area (Å²) in [7, 11) is -1.41. The molecule has 136 valence electrons. The summed E-state index contributed by atoms with van der Waals surface area (Å²) in [6.45, 7) is 1.79. The Morgan fingerprint density at radius 2 is 1.59 bits per heavy atom. The van der Waals surface area contributed by atoms with E-state index in [1.54, 1.807) is 13.7 Å². The van der Waals surface area contributed by atoms with Crippen LogP contribution in [-0.4, -0.2) is 20.7 Å². The Hall–Kier alpha value is -2.76. The summed E-state index contributed by atoms with van der Waals surface area (Å²) in [6.07, 6.45) is 0. The number of fused-ring (bicyclic) bond motifs is 2. The lowest BCUT2D eigenvalue weighted by Crippen LogP contribution is -2.39. The Kier molecular flexibility index (Phi) is 4.64. The van der Waals surface area contributed by atoms with Crippen molar-refractivity contribution in [2.75, 3.05) is 7.11 Å². The van der Waals surface area contributed by atoms with Crippen LogP contribution in [-0.2, 0) is 0 Å². The molecule has 1 heterocycles. The number of methoxy groups -OCH3 is 1. The zero-order chi connectivity index (χ0) is 18.9. The van der Waals surface area contributed by atoms with Crippen LogP contribution in [0.1, 0.15) is 11.1 Å². The number of para-hydroxylation sites is 2. The maximum atomic E-state index is 6.67. The molecule has 4 rings (SSSR count). The van der Waals surface area contributed by atoms with Crippen molar-refractivity contribution in [3.8, 4) is 17.2 Å². The third-order valence-electron chi connectivity index (χ3n) is 4.17. The molecule has 3 aromatic rings. The predicted molar refractivity (Wildman–Crippen MR) is 110 cm³/mol. The van der Waals surface area contributed by atoms with Gasteiger partial charge in [0.15, 0.2) is 0 Å². The fourth-order valence-electron chi connectivity index (χ4n) is 2.96. The number of aliphatic imine (C=N–C) groups is 1. The highest BCUT2D eigenvalue weighted by Gasteiger charge is 2.37. The summed E-state index contributed by atoms with van der Waals surface area (Å²) >= 11 is 6.67. The fraction of sp³-hybridized carbons (Fsp3) is 0.0952. The van der Waals surface area contributed by atoms with Gasteiger partial charge in [0, 0.05) is 23.7 Å². The summed E-state index contributed by atoms with van der Waals surface area (Å²) in [5.74, 6) is 1.88. The maximum absolute atomic E-state index is 6.67. The van der Waals surface area contributed by atoms with Crippen LogP contribution in [0.4, 0.5) is 5.69 Å². The SMILES string of the molecule is COc1ccc2c(c1)O[Si](C)(Cl)Oc1ccccc1N=C2c1ccccc1. The average molecular weight is 396 g/mol. The molecule has 0 bridgehead atoms. The van der Waals surface area contributed by atoms with E-state index >= 15 is 0 Å². The highest BCUT2D eigenvalue weighted by Crippen LogP contribution is 2.37. The zero-order valence-corrected chi connectivity index (χ0v) is 16.7. The molecule has 0 aromatic heterocycles. The van der Waals surface area contributed by atoms with E-state index < -0.39 is 7.87 Å². The summed E-state index contributed by atoms with van der Waals surface area (Å²) in [6, 6.07) is 23.2. The average Bonchev–Trinajstić information content (AvgIpc) is 2.72. The van der Waals surface area contributed by atoms with Gasteiger partial charge in [-0.2, -0.15) is 0 Å². The van der Waals surface area contributed by atoms with Gasteiger partial charge in [0.25, 0.3) is 0 Å². The molecular weight excluding hydrogens is 378 g/mol. The van der Waals surface area contributed by atoms with Crippen molar-refractivity contribution >= 4 is 30.3 Å². The molecule has 0 N–H and O–H groups in total. The molecule has 6 heteroatoms. The number of ether oxygens (including phenoxy) is 1. The molecule has 0 fully saturated rings. The number of hydrogen-bond donors (Lipinski definition) is 0. The first-order valence-corrected chi connectivity index (χ1v) is 11.9. The minimum Gasteiger partial charge on any atom is -0.501 e. The van der Waals surface area contributed by atoms with Crippen LogP contribution in [0.5, 0.6) is 17.2 Å². The third kappa shape index (κ3) is 3.70. The minimum atomic E-state index is -3.03. The Morgan fingerprint density at radius 1 is 0.889 bits per heavy atom. The van der Waals surface area contributed by atoms with Crippen LogP contribution in [0.15, 0.2) is 77.8 Å². The number of benzene rings is 3. The highest BCUT2D eigenvalue weighted by molar-refractivity contribution is 7.13. The van der Waals surface area contributed by atoms with Crippen molar-refractivity contribution < 1.29 is 13.6 Å². The van der Waals surface area contributed by atoms with E-state index in [4.69, 9.17) is 29.7 Å². The first-order valence-electron chi connectivity index (χ1n) is 8.54. The molecule has 0 saturated carbocycles. The molecule has 1 aliphatic heterocycles. The molecule has 0 amide bonds. The standard InChI is InChI=1S/C21H18ClNO3Si/c1-24-16-12-13-17-20(14-16)26-27(2,22)25-19-11-7-6-10-18(19)23-21(17)15-8-4-3-5-9-15/h3-14H,1-2H3. The summed E-state index contributed by atoms with van der Waals surface area (Å²) in [5.41, 5.74) is 3.31. The predicted octanol–water partition coefficient (Wildman–Crippen LogP) is 5.44. The quantitative estimate of drug-likeness (QED) is 0.428. The number of hydrogen-bond acceptors (Lipinski definition) is 4. The van der Waals surface area contributed by atoms with Crippen molar-refractivity contribution in [1.82, 2.24) is 0 Å². The Labute approximate surface area is 164 Å². The monoisotopic (exact) mass is 395 g/mol. The van der Waals surface area contributed by atoms with Crippen LogP contribution in [0, 0.1) is 0 Å². The van der Waals surface area contributed by atoms with E-state index in [0.29, 0.717) is 22.9 Å². The van der Waals surface area contributed by atoms with Gasteiger partial charge in [-0.05, 0) is 24.3 Å². The van der Waals surface area contributed by atoms with E-state index in [1.807, 2.05) is 72.8 Å². The van der Waals surface area contributed by atoms with E-state index in [1.165, 1.54) is 0 Å². The third-order valence-corrected chi connectivity index (χ3v) is 5.81. The van der Waals surface area contributed by atoms with E-state index in [-0.39, 0.29) is 0 Å². The molecule has 4 nitrogen and oxygen atoms in total. The molecule has 0 aliphatic carbocycles. The zero-order valence-electron chi connectivity index (χ0n) is 15.0. The number of halogens is 1. The number of nitrogens with zero attached hydrogens (tertiary/aromatic N) is 1. The molecule has 0 spiro atoms. The van der Waals surface area contributed by atoms with Crippen molar-refractivity contribution in [3.63, 3.8) is 0 Å². The van der Waals surface area contributed by atoms with Crippen LogP contribution < -0.4 is 13.6 Å². The van der Waals surface area contributed by atoms with Crippen LogP contribution in [0.3, 0.4) is 0 Å². The van der Waals surface area contributed by atoms with Crippen molar-refractivity contribution in [3.05, 3.63) is 83.9 Å². The van der Waals surface area contributed by atoms with Gasteiger partial charge in [0.05, 0.1) is 12.8 Å². The van der Waals surface area contributed by atoms with Gasteiger partial charge in [0.1, 0.15) is 22.9 Å². The second-order valence-electron chi connectivity index (χ2n) is 6.20. The summed E-state index contributed by atoms with van der Waals surface area (Å²) in [4.78, 5) is 4.93. The van der Waals surface area contributed by atoms with Gasteiger partial charge < -0.3 is 13.6 Å². The lowest BCUT2D eigenvalue weighted by Gasteiger charge is -2.23. The molecule has 3 aromatic carbocycles. The van der Waals surface area contributed by atoms with Crippen LogP contribution in [0.2, 0.25) is 6.55 Å². The van der Waals surface area contributed by atoms with Gasteiger partial charge in [-0.15, -0.1) is 0 Å². The Balaban J connectivity index is 2.00. The normalized spacial score (nSPS) is 18.4. The van der Waals surface area contributed by atoms with E-state index in [9.17, 15) is 0 Å². The fourth-order valence-corrected chi connectivity index (χ4v) is 4.62. The van der Waals surface area contributed by atoms with Crippen molar-refractivity contribution in [2.45, 2.75) is 6.55 Å². The Bertz CT molecular complexity index is 1010. The molecule has 0 radical (unpaired) electrons. The molecule has 1 unspecified atom stereocenters. The molecular formula is C21H18ClNO3Si. The number of rotatable bonds is 2. The van der Waals surface area contributed by atoms with Gasteiger partial charge in [-0.1, -0.05) is 53.5 Å². The molecule has 0 saturated heterocycles. The molecule has 1 aliphatic rings. The first kappa shape index (κ1) is 17.6. The largest absolute Gasteiger partial charge is 0.566 e. The van der Waals surface area contributed by atoms with Crippen molar-refractivity contribution in [1.29, 1.82) is 0 Å². The molecule has 1 atom stereocenters. The smallest absolute Gasteiger partial charge is 0.501 e. The van der Waals surface area contributed by atoms with Gasteiger partial charge in [-0.3, -0.25) is 0 Å². The topological polar surface area (TPSA) is 40.0 Å². The van der Waals surface area contributed by atoms with Crippen LogP contribution in [0.25, 0.3) is 0 Å². The van der Waals surface area contributed by atoms with Gasteiger partial charge in [0.2, 0.25) is 0 Å². The van der Waals surface area contributed by atoms with Crippen LogP contribution >= 0.6 is 11.1 Å². The summed E-state index contributed by atoms with van der Waals surface area (Å²) in [5, 5.41) is 0.